The fourth-order valence-electron chi connectivity index (χ4n) is 5.67. The van der Waals surface area contributed by atoms with Crippen molar-refractivity contribution in [3.8, 4) is 17.6 Å². The van der Waals surface area contributed by atoms with Crippen molar-refractivity contribution in [2.75, 3.05) is 76.9 Å². The lowest BCUT2D eigenvalue weighted by Crippen LogP contribution is -2.46. The highest BCUT2D eigenvalue weighted by Gasteiger charge is 2.33. The molecular formula is C31H37F4N4O2PS. The fraction of sp³-hybridized carbons (Fsp3) is 0.484. The maximum absolute atomic E-state index is 14.7. The second kappa shape index (κ2) is 13.1. The number of fused-ring (bicyclic) bond motifs is 1. The minimum absolute atomic E-state index is 0.133. The summed E-state index contributed by atoms with van der Waals surface area (Å²) >= 11 is 1.20. The molecule has 43 heavy (non-hydrogen) atoms. The van der Waals surface area contributed by atoms with Crippen molar-refractivity contribution in [3.05, 3.63) is 46.8 Å². The molecular weight excluding hydrogens is 599 g/mol. The number of nitrogens with one attached hydrogen (secondary N) is 2. The molecule has 0 aliphatic carbocycles. The van der Waals surface area contributed by atoms with Gasteiger partial charge in [-0.15, -0.1) is 11.3 Å². The number of rotatable bonds is 7. The van der Waals surface area contributed by atoms with E-state index in [1.54, 1.807) is 25.3 Å². The third-order valence-corrected chi connectivity index (χ3v) is 12.5. The van der Waals surface area contributed by atoms with E-state index in [9.17, 15) is 22.1 Å². The highest BCUT2D eigenvalue weighted by atomic mass is 32.1. The van der Waals surface area contributed by atoms with Crippen molar-refractivity contribution in [1.82, 2.24) is 9.80 Å². The van der Waals surface area contributed by atoms with Crippen LogP contribution in [0.25, 0.3) is 10.1 Å². The van der Waals surface area contributed by atoms with Gasteiger partial charge in [0.05, 0.1) is 47.1 Å². The van der Waals surface area contributed by atoms with Crippen LogP contribution in [0.5, 0.6) is 5.75 Å². The number of ether oxygens (including phenoxy) is 1. The number of piperidine rings is 1. The van der Waals surface area contributed by atoms with Crippen molar-refractivity contribution in [2.24, 2.45) is 0 Å². The van der Waals surface area contributed by atoms with E-state index in [1.807, 2.05) is 37.2 Å². The standard InChI is InChI=1S/C31H37F4N4O2PS/c1-38-14-16-42(40,17-15-38)21-9-10-26(28(18-21)41-3)36-12-5-8-29-23(19-31(33,34)35)22-6-4-7-27(30(22)43-29)37-25-11-13-39(2)20-24(25)32/h4,6-7,9-10,18,24-25,36-37H,11-17,19-20H2,1-3H3/t24-,25-/m0/s1. The van der Waals surface area contributed by atoms with Gasteiger partial charge in [0.1, 0.15) is 19.1 Å². The largest absolute Gasteiger partial charge is 0.495 e. The SMILES string of the molecule is COc1cc(P2(=O)CCN(C)CC2)ccc1NCC#Cc1sc2c(N[C@H]3CCN(C)C[C@@H]3F)cccc2c1CC(F)(F)F. The quantitative estimate of drug-likeness (QED) is 0.193. The predicted molar refractivity (Wildman–Crippen MR) is 169 cm³/mol. The zero-order valence-corrected chi connectivity index (χ0v) is 26.3. The van der Waals surface area contributed by atoms with Crippen LogP contribution in [0.2, 0.25) is 0 Å². The van der Waals surface area contributed by atoms with Gasteiger partial charge in [0.2, 0.25) is 0 Å². The van der Waals surface area contributed by atoms with E-state index in [0.29, 0.717) is 57.4 Å². The summed E-state index contributed by atoms with van der Waals surface area (Å²) in [7, 11) is 2.95. The van der Waals surface area contributed by atoms with Crippen LogP contribution in [0, 0.1) is 11.8 Å². The molecule has 2 aliphatic heterocycles. The van der Waals surface area contributed by atoms with Gasteiger partial charge in [-0.3, -0.25) is 0 Å². The van der Waals surface area contributed by atoms with Crippen molar-refractivity contribution in [3.63, 3.8) is 0 Å². The van der Waals surface area contributed by atoms with Crippen LogP contribution in [-0.2, 0) is 11.0 Å². The smallest absolute Gasteiger partial charge is 0.393 e. The number of thiophene rings is 1. The molecule has 2 aliphatic rings. The fourth-order valence-corrected chi connectivity index (χ4v) is 9.61. The summed E-state index contributed by atoms with van der Waals surface area (Å²) in [6.07, 6.45) is -4.72. The maximum Gasteiger partial charge on any atom is 0.393 e. The number of hydrogen-bond donors (Lipinski definition) is 2. The Morgan fingerprint density at radius 1 is 1.09 bits per heavy atom. The van der Waals surface area contributed by atoms with E-state index >= 15 is 0 Å². The Morgan fingerprint density at radius 2 is 1.86 bits per heavy atom. The molecule has 2 fully saturated rings. The number of alkyl halides is 4. The lowest BCUT2D eigenvalue weighted by Gasteiger charge is -2.33. The van der Waals surface area contributed by atoms with Crippen molar-refractivity contribution >= 4 is 45.2 Å². The zero-order valence-electron chi connectivity index (χ0n) is 24.6. The number of anilines is 2. The summed E-state index contributed by atoms with van der Waals surface area (Å²) < 4.78 is 75.4. The van der Waals surface area contributed by atoms with Gasteiger partial charge in [0, 0.05) is 43.8 Å². The van der Waals surface area contributed by atoms with Gasteiger partial charge >= 0.3 is 6.18 Å². The third kappa shape index (κ3) is 7.49. The Morgan fingerprint density at radius 3 is 2.56 bits per heavy atom. The van der Waals surface area contributed by atoms with Crippen LogP contribution >= 0.6 is 18.5 Å². The molecule has 2 saturated heterocycles. The normalized spacial score (nSPS) is 21.3. The van der Waals surface area contributed by atoms with Crippen LogP contribution in [-0.4, -0.2) is 94.4 Å². The Hall–Kier alpha value is -2.77. The molecule has 5 rings (SSSR count). The van der Waals surface area contributed by atoms with Gasteiger partial charge in [-0.05, 0) is 55.7 Å². The molecule has 232 valence electrons. The average molecular weight is 637 g/mol. The van der Waals surface area contributed by atoms with E-state index < -0.39 is 32.0 Å². The van der Waals surface area contributed by atoms with Gasteiger partial charge in [-0.25, -0.2) is 4.39 Å². The molecule has 3 heterocycles. The van der Waals surface area contributed by atoms with Crippen LogP contribution in [0.4, 0.5) is 28.9 Å². The Balaban J connectivity index is 1.36. The molecule has 12 heteroatoms. The molecule has 6 nitrogen and oxygen atoms in total. The summed E-state index contributed by atoms with van der Waals surface area (Å²) in [6.45, 7) is 2.80. The summed E-state index contributed by atoms with van der Waals surface area (Å²) in [6, 6.07) is 10.2. The highest BCUT2D eigenvalue weighted by molar-refractivity contribution is 7.71. The van der Waals surface area contributed by atoms with Crippen molar-refractivity contribution < 1.29 is 26.9 Å². The molecule has 2 atom stereocenters. The summed E-state index contributed by atoms with van der Waals surface area (Å²) in [5.41, 5.74) is 1.43. The van der Waals surface area contributed by atoms with Crippen molar-refractivity contribution in [1.29, 1.82) is 0 Å². The minimum Gasteiger partial charge on any atom is -0.495 e. The second-order valence-corrected chi connectivity index (χ2v) is 15.6. The Kier molecular flexibility index (Phi) is 9.62. The number of methoxy groups -OCH3 is 1. The second-order valence-electron chi connectivity index (χ2n) is 11.4. The highest BCUT2D eigenvalue weighted by Crippen LogP contribution is 2.47. The van der Waals surface area contributed by atoms with Gasteiger partial charge in [0.25, 0.3) is 0 Å². The molecule has 0 bridgehead atoms. The molecule has 1 aromatic heterocycles. The monoisotopic (exact) mass is 636 g/mol. The van der Waals surface area contributed by atoms with Gasteiger partial charge in [-0.1, -0.05) is 24.0 Å². The molecule has 0 amide bonds. The molecule has 2 aromatic carbocycles. The summed E-state index contributed by atoms with van der Waals surface area (Å²) in [4.78, 5) is 4.44. The van der Waals surface area contributed by atoms with E-state index in [0.717, 1.165) is 24.9 Å². The molecule has 0 radical (unpaired) electrons. The maximum atomic E-state index is 14.7. The molecule has 2 N–H and O–H groups in total. The van der Waals surface area contributed by atoms with E-state index in [4.69, 9.17) is 4.74 Å². The first-order chi connectivity index (χ1) is 20.5. The number of likely N-dealkylation sites (tertiary alicyclic amines) is 1. The molecule has 0 saturated carbocycles. The first-order valence-electron chi connectivity index (χ1n) is 14.3. The first-order valence-corrected chi connectivity index (χ1v) is 17.2. The molecule has 0 spiro atoms. The van der Waals surface area contributed by atoms with Crippen LogP contribution in [0.15, 0.2) is 36.4 Å². The average Bonchev–Trinajstić information content (AvgIpc) is 3.30. The van der Waals surface area contributed by atoms with Crippen LogP contribution in [0.3, 0.4) is 0 Å². The number of halogens is 4. The van der Waals surface area contributed by atoms with Crippen LogP contribution in [0.1, 0.15) is 16.9 Å². The number of hydrogen-bond acceptors (Lipinski definition) is 7. The summed E-state index contributed by atoms with van der Waals surface area (Å²) in [5, 5.41) is 7.72. The third-order valence-electron chi connectivity index (χ3n) is 8.19. The van der Waals surface area contributed by atoms with Gasteiger partial charge in [-0.2, -0.15) is 13.2 Å². The van der Waals surface area contributed by atoms with E-state index in [1.165, 1.54) is 11.3 Å². The Labute approximate surface area is 254 Å². The zero-order chi connectivity index (χ0) is 30.8. The lowest BCUT2D eigenvalue weighted by atomic mass is 10.0. The summed E-state index contributed by atoms with van der Waals surface area (Å²) in [5.74, 6) is 6.48. The minimum atomic E-state index is -4.41. The number of benzene rings is 2. The number of nitrogens with zero attached hydrogens (tertiary/aromatic N) is 2. The van der Waals surface area contributed by atoms with E-state index in [-0.39, 0.29) is 12.1 Å². The molecule has 3 aromatic rings. The van der Waals surface area contributed by atoms with Crippen molar-refractivity contribution in [2.45, 2.75) is 31.2 Å². The lowest BCUT2D eigenvalue weighted by molar-refractivity contribution is -0.126. The van der Waals surface area contributed by atoms with Gasteiger partial charge in [0.15, 0.2) is 0 Å². The van der Waals surface area contributed by atoms with Crippen LogP contribution < -0.4 is 20.7 Å². The predicted octanol–water partition coefficient (Wildman–Crippen LogP) is 5.87. The topological polar surface area (TPSA) is 56.8 Å². The Bertz CT molecular complexity index is 1550. The molecule has 0 unspecified atom stereocenters. The van der Waals surface area contributed by atoms with Gasteiger partial charge < -0.3 is 29.7 Å². The van der Waals surface area contributed by atoms with E-state index in [2.05, 4.69) is 27.4 Å². The first kappa shape index (κ1) is 31.6.